The van der Waals surface area contributed by atoms with Crippen LogP contribution in [0.1, 0.15) is 28.7 Å². The number of esters is 1. The Kier molecular flexibility index (Phi) is 6.23. The molecule has 0 radical (unpaired) electrons. The highest BCUT2D eigenvalue weighted by molar-refractivity contribution is 6.04. The van der Waals surface area contributed by atoms with E-state index < -0.39 is 5.91 Å². The van der Waals surface area contributed by atoms with Crippen LogP contribution in [0.3, 0.4) is 0 Å². The van der Waals surface area contributed by atoms with Crippen LogP contribution < -0.4 is 11.1 Å². The predicted octanol–water partition coefficient (Wildman–Crippen LogP) is 3.71. The number of aromatic nitrogens is 2. The van der Waals surface area contributed by atoms with Gasteiger partial charge in [0.1, 0.15) is 11.2 Å². The number of hydrogen-bond acceptors (Lipinski definition) is 7. The van der Waals surface area contributed by atoms with Crippen molar-refractivity contribution in [3.8, 4) is 11.3 Å². The molecule has 1 amide bonds. The van der Waals surface area contributed by atoms with Crippen LogP contribution in [0.2, 0.25) is 0 Å². The number of nitrogens with zero attached hydrogens (tertiary/aromatic N) is 2. The molecule has 0 spiro atoms. The number of anilines is 1. The lowest BCUT2D eigenvalue weighted by Crippen LogP contribution is -2.17. The van der Waals surface area contributed by atoms with Gasteiger partial charge in [0.2, 0.25) is 5.82 Å². The summed E-state index contributed by atoms with van der Waals surface area (Å²) < 4.78 is 10.6. The molecule has 0 aliphatic carbocycles. The zero-order valence-corrected chi connectivity index (χ0v) is 17.5. The van der Waals surface area contributed by atoms with Gasteiger partial charge in [-0.05, 0) is 23.3 Å². The van der Waals surface area contributed by atoms with Crippen molar-refractivity contribution in [1.29, 1.82) is 0 Å². The molecule has 0 saturated carbocycles. The molecule has 32 heavy (non-hydrogen) atoms. The molecule has 8 heteroatoms. The number of amides is 1. The van der Waals surface area contributed by atoms with Crippen molar-refractivity contribution in [3.63, 3.8) is 0 Å². The van der Waals surface area contributed by atoms with Crippen molar-refractivity contribution >= 4 is 28.7 Å². The first kappa shape index (κ1) is 21.2. The zero-order chi connectivity index (χ0) is 22.5. The van der Waals surface area contributed by atoms with Crippen LogP contribution in [0.5, 0.6) is 0 Å². The summed E-state index contributed by atoms with van der Waals surface area (Å²) in [5, 5.41) is 2.87. The van der Waals surface area contributed by atoms with Crippen LogP contribution >= 0.6 is 0 Å². The summed E-state index contributed by atoms with van der Waals surface area (Å²) in [6, 6.07) is 16.6. The second-order valence-electron chi connectivity index (χ2n) is 7.14. The summed E-state index contributed by atoms with van der Waals surface area (Å²) in [6.45, 7) is 1.97. The SMILES string of the molecule is CC(=O)OCCc1ccccc1NC(=O)c1nc(-c2cccc(CN)c2)c2occc2n1. The van der Waals surface area contributed by atoms with Crippen molar-refractivity contribution in [1.82, 2.24) is 9.97 Å². The van der Waals surface area contributed by atoms with Crippen molar-refractivity contribution in [2.24, 2.45) is 5.73 Å². The lowest BCUT2D eigenvalue weighted by Gasteiger charge is -2.11. The summed E-state index contributed by atoms with van der Waals surface area (Å²) in [4.78, 5) is 32.9. The van der Waals surface area contributed by atoms with Crippen LogP contribution in [0.4, 0.5) is 5.69 Å². The van der Waals surface area contributed by atoms with E-state index in [4.69, 9.17) is 14.9 Å². The lowest BCUT2D eigenvalue weighted by atomic mass is 10.1. The van der Waals surface area contributed by atoms with Gasteiger partial charge in [0, 0.05) is 37.2 Å². The Labute approximate surface area is 184 Å². The monoisotopic (exact) mass is 430 g/mol. The van der Waals surface area contributed by atoms with Gasteiger partial charge in [0.25, 0.3) is 5.91 Å². The predicted molar refractivity (Wildman–Crippen MR) is 120 cm³/mol. The fourth-order valence-electron chi connectivity index (χ4n) is 3.35. The zero-order valence-electron chi connectivity index (χ0n) is 17.5. The highest BCUT2D eigenvalue weighted by Gasteiger charge is 2.18. The highest BCUT2D eigenvalue weighted by atomic mass is 16.5. The van der Waals surface area contributed by atoms with Crippen LogP contribution in [0.25, 0.3) is 22.4 Å². The number of rotatable bonds is 7. The van der Waals surface area contributed by atoms with E-state index in [1.165, 1.54) is 13.2 Å². The van der Waals surface area contributed by atoms with Gasteiger partial charge in [-0.1, -0.05) is 36.4 Å². The molecule has 2 aromatic heterocycles. The number of ether oxygens (including phenoxy) is 1. The number of benzene rings is 2. The number of para-hydroxylation sites is 1. The number of carbonyl (C=O) groups is 2. The van der Waals surface area contributed by atoms with Gasteiger partial charge in [-0.2, -0.15) is 0 Å². The number of nitrogens with one attached hydrogen (secondary N) is 1. The van der Waals surface area contributed by atoms with E-state index in [0.717, 1.165) is 16.7 Å². The largest absolute Gasteiger partial charge is 0.466 e. The number of hydrogen-bond donors (Lipinski definition) is 2. The van der Waals surface area contributed by atoms with Crippen molar-refractivity contribution in [2.45, 2.75) is 19.9 Å². The maximum absolute atomic E-state index is 13.0. The van der Waals surface area contributed by atoms with E-state index in [-0.39, 0.29) is 18.4 Å². The summed E-state index contributed by atoms with van der Waals surface area (Å²) >= 11 is 0. The maximum atomic E-state index is 13.0. The molecule has 8 nitrogen and oxygen atoms in total. The first-order chi connectivity index (χ1) is 15.5. The Balaban J connectivity index is 1.65. The molecule has 0 bridgehead atoms. The molecule has 2 aromatic carbocycles. The standard InChI is InChI=1S/C24H22N4O4/c1-15(29)31-11-9-17-6-2-3-8-19(17)27-24(30)23-26-20-10-12-32-22(20)21(28-23)18-7-4-5-16(13-18)14-25/h2-8,10,12-13H,9,11,14,25H2,1H3,(H,27,30). The first-order valence-electron chi connectivity index (χ1n) is 10.1. The van der Waals surface area contributed by atoms with Crippen molar-refractivity contribution in [2.75, 3.05) is 11.9 Å². The summed E-state index contributed by atoms with van der Waals surface area (Å²) in [5.74, 6) is -0.786. The van der Waals surface area contributed by atoms with E-state index >= 15 is 0 Å². The summed E-state index contributed by atoms with van der Waals surface area (Å²) in [6.07, 6.45) is 1.98. The van der Waals surface area contributed by atoms with Gasteiger partial charge < -0.3 is 20.2 Å². The quantitative estimate of drug-likeness (QED) is 0.429. The van der Waals surface area contributed by atoms with Gasteiger partial charge in [0.05, 0.1) is 12.9 Å². The minimum atomic E-state index is -0.454. The normalized spacial score (nSPS) is 10.8. The second-order valence-corrected chi connectivity index (χ2v) is 7.14. The Morgan fingerprint density at radius 3 is 2.75 bits per heavy atom. The Hall–Kier alpha value is -4.04. The molecule has 0 aliphatic heterocycles. The van der Waals surface area contributed by atoms with E-state index in [1.807, 2.05) is 42.5 Å². The molecule has 3 N–H and O–H groups in total. The fourth-order valence-corrected chi connectivity index (χ4v) is 3.35. The third-order valence-corrected chi connectivity index (χ3v) is 4.89. The molecule has 0 fully saturated rings. The van der Waals surface area contributed by atoms with Crippen molar-refractivity contribution in [3.05, 3.63) is 77.8 Å². The molecular weight excluding hydrogens is 408 g/mol. The molecular formula is C24H22N4O4. The number of fused-ring (bicyclic) bond motifs is 1. The molecule has 0 unspecified atom stereocenters. The minimum Gasteiger partial charge on any atom is -0.466 e. The number of carbonyl (C=O) groups excluding carboxylic acids is 2. The Morgan fingerprint density at radius 2 is 1.94 bits per heavy atom. The number of nitrogens with two attached hydrogens (primary N) is 1. The topological polar surface area (TPSA) is 120 Å². The molecule has 162 valence electrons. The van der Waals surface area contributed by atoms with Crippen LogP contribution in [0.15, 0.2) is 65.3 Å². The van der Waals surface area contributed by atoms with Gasteiger partial charge >= 0.3 is 5.97 Å². The smallest absolute Gasteiger partial charge is 0.302 e. The second kappa shape index (κ2) is 9.40. The first-order valence-corrected chi connectivity index (χ1v) is 10.1. The highest BCUT2D eigenvalue weighted by Crippen LogP contribution is 2.28. The van der Waals surface area contributed by atoms with Gasteiger partial charge in [-0.3, -0.25) is 9.59 Å². The lowest BCUT2D eigenvalue weighted by molar-refractivity contribution is -0.140. The molecule has 4 aromatic rings. The Bertz CT molecular complexity index is 1280. The van der Waals surface area contributed by atoms with E-state index in [2.05, 4.69) is 15.3 Å². The van der Waals surface area contributed by atoms with Gasteiger partial charge in [-0.25, -0.2) is 9.97 Å². The fraction of sp³-hybridized carbons (Fsp3) is 0.167. The van der Waals surface area contributed by atoms with E-state index in [9.17, 15) is 9.59 Å². The van der Waals surface area contributed by atoms with E-state index in [1.54, 1.807) is 12.1 Å². The minimum absolute atomic E-state index is 0.0156. The van der Waals surface area contributed by atoms with E-state index in [0.29, 0.717) is 35.4 Å². The molecule has 0 saturated heterocycles. The molecule has 0 aliphatic rings. The van der Waals surface area contributed by atoms with Gasteiger partial charge in [0.15, 0.2) is 5.58 Å². The third-order valence-electron chi connectivity index (χ3n) is 4.89. The number of furan rings is 1. The molecule has 2 heterocycles. The molecule has 0 atom stereocenters. The maximum Gasteiger partial charge on any atom is 0.302 e. The average molecular weight is 430 g/mol. The van der Waals surface area contributed by atoms with Crippen molar-refractivity contribution < 1.29 is 18.7 Å². The van der Waals surface area contributed by atoms with Crippen LogP contribution in [-0.2, 0) is 22.5 Å². The Morgan fingerprint density at radius 1 is 1.09 bits per heavy atom. The average Bonchev–Trinajstić information content (AvgIpc) is 3.28. The van der Waals surface area contributed by atoms with Gasteiger partial charge in [-0.15, -0.1) is 0 Å². The molecule has 4 rings (SSSR count). The third kappa shape index (κ3) is 4.65. The summed E-state index contributed by atoms with van der Waals surface area (Å²) in [7, 11) is 0. The summed E-state index contributed by atoms with van der Waals surface area (Å²) in [5.41, 5.74) is 10.5. The van der Waals surface area contributed by atoms with Crippen LogP contribution in [0, 0.1) is 0 Å². The van der Waals surface area contributed by atoms with Crippen LogP contribution in [-0.4, -0.2) is 28.5 Å².